The van der Waals surface area contributed by atoms with Crippen molar-refractivity contribution in [2.24, 2.45) is 5.73 Å². The van der Waals surface area contributed by atoms with Crippen molar-refractivity contribution in [3.8, 4) is 0 Å². The number of hydrogen-bond acceptors (Lipinski definition) is 3. The van der Waals surface area contributed by atoms with Crippen LogP contribution in [0.5, 0.6) is 0 Å². The molecule has 0 bridgehead atoms. The zero-order valence-corrected chi connectivity index (χ0v) is 6.54. The summed E-state index contributed by atoms with van der Waals surface area (Å²) in [6.45, 7) is 2.05. The number of hydrogen-bond donors (Lipinski definition) is 2. The summed E-state index contributed by atoms with van der Waals surface area (Å²) in [5.74, 6) is 0. The monoisotopic (exact) mass is 159 g/mol. The topological polar surface area (TPSA) is 67.6 Å². The lowest BCUT2D eigenvalue weighted by atomic mass is 10.3. The first-order valence-electron chi connectivity index (χ1n) is 3.55. The second kappa shape index (κ2) is 3.54. The lowest BCUT2D eigenvalue weighted by Crippen LogP contribution is -2.56. The minimum atomic E-state index is -0.418. The van der Waals surface area contributed by atoms with E-state index in [0.717, 1.165) is 6.54 Å². The molecule has 0 saturated carbocycles. The molecule has 0 aromatic rings. The molecule has 1 rings (SSSR count). The number of primary amides is 1. The Kier molecular flexibility index (Phi) is 2.67. The van der Waals surface area contributed by atoms with E-state index in [-0.39, 0.29) is 6.23 Å². The van der Waals surface area contributed by atoms with Gasteiger partial charge in [0.15, 0.2) is 0 Å². The number of piperazine rings is 1. The third-order valence-corrected chi connectivity index (χ3v) is 1.75. The van der Waals surface area contributed by atoms with Crippen LogP contribution in [0.1, 0.15) is 0 Å². The number of nitrogens with two attached hydrogens (primary N) is 1. The van der Waals surface area contributed by atoms with Crippen LogP contribution < -0.4 is 11.1 Å². The SMILES string of the molecule is COC1CNCCN1C(N)=O. The first kappa shape index (κ1) is 8.29. The number of urea groups is 1. The van der Waals surface area contributed by atoms with Crippen LogP contribution >= 0.6 is 0 Å². The molecule has 0 aliphatic carbocycles. The van der Waals surface area contributed by atoms with E-state index in [4.69, 9.17) is 10.5 Å². The normalized spacial score (nSPS) is 25.2. The van der Waals surface area contributed by atoms with Gasteiger partial charge in [-0.2, -0.15) is 0 Å². The van der Waals surface area contributed by atoms with Crippen molar-refractivity contribution in [1.82, 2.24) is 10.2 Å². The molecule has 1 unspecified atom stereocenters. The molecule has 64 valence electrons. The first-order valence-corrected chi connectivity index (χ1v) is 3.55. The van der Waals surface area contributed by atoms with Crippen LogP contribution in [0.2, 0.25) is 0 Å². The molecule has 1 fully saturated rings. The van der Waals surface area contributed by atoms with Gasteiger partial charge in [-0.15, -0.1) is 0 Å². The van der Waals surface area contributed by atoms with Crippen molar-refractivity contribution in [3.05, 3.63) is 0 Å². The molecule has 5 heteroatoms. The van der Waals surface area contributed by atoms with E-state index in [1.54, 1.807) is 7.11 Å². The van der Waals surface area contributed by atoms with Crippen LogP contribution in [0, 0.1) is 0 Å². The highest BCUT2D eigenvalue weighted by molar-refractivity contribution is 5.72. The molecule has 0 aromatic carbocycles. The van der Waals surface area contributed by atoms with Gasteiger partial charge in [-0.25, -0.2) is 4.79 Å². The fourth-order valence-corrected chi connectivity index (χ4v) is 1.14. The van der Waals surface area contributed by atoms with Gasteiger partial charge in [0, 0.05) is 26.7 Å². The van der Waals surface area contributed by atoms with Crippen LogP contribution in [0.15, 0.2) is 0 Å². The Morgan fingerprint density at radius 1 is 1.82 bits per heavy atom. The molecule has 0 aromatic heterocycles. The number of methoxy groups -OCH3 is 1. The maximum atomic E-state index is 10.8. The highest BCUT2D eigenvalue weighted by Gasteiger charge is 2.23. The van der Waals surface area contributed by atoms with Crippen molar-refractivity contribution in [2.75, 3.05) is 26.7 Å². The average molecular weight is 159 g/mol. The molecule has 1 heterocycles. The molecule has 1 atom stereocenters. The van der Waals surface area contributed by atoms with E-state index >= 15 is 0 Å². The molecular formula is C6H13N3O2. The number of rotatable bonds is 1. The van der Waals surface area contributed by atoms with Crippen LogP contribution in [0.25, 0.3) is 0 Å². The molecular weight excluding hydrogens is 146 g/mol. The van der Waals surface area contributed by atoms with Gasteiger partial charge in [-0.05, 0) is 0 Å². The highest BCUT2D eigenvalue weighted by Crippen LogP contribution is 2.02. The van der Waals surface area contributed by atoms with E-state index in [2.05, 4.69) is 5.32 Å². The van der Waals surface area contributed by atoms with Gasteiger partial charge in [-0.3, -0.25) is 4.90 Å². The fourth-order valence-electron chi connectivity index (χ4n) is 1.14. The lowest BCUT2D eigenvalue weighted by Gasteiger charge is -2.33. The predicted molar refractivity (Wildman–Crippen MR) is 40.0 cm³/mol. The molecule has 1 saturated heterocycles. The van der Waals surface area contributed by atoms with Gasteiger partial charge in [-0.1, -0.05) is 0 Å². The second-order valence-electron chi connectivity index (χ2n) is 2.43. The highest BCUT2D eigenvalue weighted by atomic mass is 16.5. The Labute approximate surface area is 65.5 Å². The van der Waals surface area contributed by atoms with Gasteiger partial charge < -0.3 is 15.8 Å². The number of nitrogens with zero attached hydrogens (tertiary/aromatic N) is 1. The number of carbonyl (C=O) groups is 1. The Balaban J connectivity index is 2.51. The van der Waals surface area contributed by atoms with E-state index in [1.165, 1.54) is 4.90 Å². The van der Waals surface area contributed by atoms with Crippen LogP contribution in [-0.2, 0) is 4.74 Å². The fraction of sp³-hybridized carbons (Fsp3) is 0.833. The number of amides is 2. The third kappa shape index (κ3) is 1.81. The van der Waals surface area contributed by atoms with Gasteiger partial charge in [0.1, 0.15) is 6.23 Å². The maximum Gasteiger partial charge on any atom is 0.316 e. The van der Waals surface area contributed by atoms with Crippen molar-refractivity contribution >= 4 is 6.03 Å². The van der Waals surface area contributed by atoms with Crippen LogP contribution in [-0.4, -0.2) is 43.9 Å². The zero-order valence-electron chi connectivity index (χ0n) is 6.54. The predicted octanol–water partition coefficient (Wildman–Crippen LogP) is -1.06. The summed E-state index contributed by atoms with van der Waals surface area (Å²) in [5.41, 5.74) is 5.11. The minimum Gasteiger partial charge on any atom is -0.360 e. The summed E-state index contributed by atoms with van der Waals surface area (Å²) in [7, 11) is 1.56. The molecule has 1 aliphatic rings. The summed E-state index contributed by atoms with van der Waals surface area (Å²) in [4.78, 5) is 12.3. The molecule has 5 nitrogen and oxygen atoms in total. The van der Waals surface area contributed by atoms with Crippen molar-refractivity contribution in [1.29, 1.82) is 0 Å². The number of carbonyl (C=O) groups excluding carboxylic acids is 1. The second-order valence-corrected chi connectivity index (χ2v) is 2.43. The Morgan fingerprint density at radius 3 is 3.00 bits per heavy atom. The van der Waals surface area contributed by atoms with E-state index < -0.39 is 6.03 Å². The van der Waals surface area contributed by atoms with Crippen LogP contribution in [0.4, 0.5) is 4.79 Å². The average Bonchev–Trinajstić information content (AvgIpc) is 2.04. The van der Waals surface area contributed by atoms with Gasteiger partial charge in [0.05, 0.1) is 0 Å². The Hall–Kier alpha value is -0.810. The van der Waals surface area contributed by atoms with Crippen molar-refractivity contribution in [3.63, 3.8) is 0 Å². The lowest BCUT2D eigenvalue weighted by molar-refractivity contribution is -0.0182. The minimum absolute atomic E-state index is 0.207. The largest absolute Gasteiger partial charge is 0.360 e. The van der Waals surface area contributed by atoms with Crippen molar-refractivity contribution in [2.45, 2.75) is 6.23 Å². The summed E-state index contributed by atoms with van der Waals surface area (Å²) in [6.07, 6.45) is -0.207. The maximum absolute atomic E-state index is 10.8. The summed E-state index contributed by atoms with van der Waals surface area (Å²) in [6, 6.07) is -0.418. The van der Waals surface area contributed by atoms with Gasteiger partial charge in [0.25, 0.3) is 0 Å². The summed E-state index contributed by atoms with van der Waals surface area (Å²) in [5, 5.41) is 3.10. The Bertz CT molecular complexity index is 151. The zero-order chi connectivity index (χ0) is 8.27. The molecule has 2 amide bonds. The molecule has 0 radical (unpaired) electrons. The number of ether oxygens (including phenoxy) is 1. The van der Waals surface area contributed by atoms with E-state index in [9.17, 15) is 4.79 Å². The number of nitrogens with one attached hydrogen (secondary N) is 1. The van der Waals surface area contributed by atoms with Gasteiger partial charge >= 0.3 is 6.03 Å². The van der Waals surface area contributed by atoms with E-state index in [1.807, 2.05) is 0 Å². The Morgan fingerprint density at radius 2 is 2.55 bits per heavy atom. The first-order chi connectivity index (χ1) is 5.25. The van der Waals surface area contributed by atoms with Crippen LogP contribution in [0.3, 0.4) is 0 Å². The van der Waals surface area contributed by atoms with Crippen molar-refractivity contribution < 1.29 is 9.53 Å². The molecule has 3 N–H and O–H groups in total. The third-order valence-electron chi connectivity index (χ3n) is 1.75. The summed E-state index contributed by atoms with van der Waals surface area (Å²) < 4.78 is 5.03. The quantitative estimate of drug-likeness (QED) is 0.512. The van der Waals surface area contributed by atoms with E-state index in [0.29, 0.717) is 13.1 Å². The standard InChI is InChI=1S/C6H13N3O2/c1-11-5-4-8-2-3-9(5)6(7)10/h5,8H,2-4H2,1H3,(H2,7,10). The van der Waals surface area contributed by atoms with Gasteiger partial charge in [0.2, 0.25) is 0 Å². The molecule has 11 heavy (non-hydrogen) atoms. The summed E-state index contributed by atoms with van der Waals surface area (Å²) >= 11 is 0. The molecule has 1 aliphatic heterocycles. The molecule has 0 spiro atoms. The smallest absolute Gasteiger partial charge is 0.316 e.